The minimum atomic E-state index is -0.0680. The predicted molar refractivity (Wildman–Crippen MR) is 94.5 cm³/mol. The number of amides is 2. The van der Waals surface area contributed by atoms with Crippen LogP contribution in [0.15, 0.2) is 18.5 Å². The van der Waals surface area contributed by atoms with E-state index in [9.17, 15) is 4.79 Å². The molecule has 1 aliphatic heterocycles. The second-order valence-electron chi connectivity index (χ2n) is 6.43. The van der Waals surface area contributed by atoms with Gasteiger partial charge in [0.05, 0.1) is 18.3 Å². The van der Waals surface area contributed by atoms with E-state index in [1.165, 1.54) is 0 Å². The van der Waals surface area contributed by atoms with E-state index in [0.29, 0.717) is 12.4 Å². The summed E-state index contributed by atoms with van der Waals surface area (Å²) < 4.78 is 8.88. The van der Waals surface area contributed by atoms with Crippen LogP contribution in [-0.2, 0) is 24.8 Å². The third-order valence-corrected chi connectivity index (χ3v) is 4.70. The SMILES string of the molecule is COCCc1cc(NC(=O)N2CCCC2Cn2ccnc2C)n(C)n1. The van der Waals surface area contributed by atoms with Crippen molar-refractivity contribution in [1.82, 2.24) is 24.2 Å². The lowest BCUT2D eigenvalue weighted by atomic mass is 10.2. The number of carbonyl (C=O) groups excluding carboxylic acids is 1. The number of hydrogen-bond donors (Lipinski definition) is 1. The van der Waals surface area contributed by atoms with Crippen molar-refractivity contribution in [2.75, 3.05) is 25.6 Å². The molecule has 0 bridgehead atoms. The number of methoxy groups -OCH3 is 1. The summed E-state index contributed by atoms with van der Waals surface area (Å²) in [5.41, 5.74) is 0.909. The Bertz CT molecular complexity index is 723. The zero-order chi connectivity index (χ0) is 17.8. The van der Waals surface area contributed by atoms with E-state index in [0.717, 1.165) is 43.9 Å². The summed E-state index contributed by atoms with van der Waals surface area (Å²) in [5.74, 6) is 1.68. The Morgan fingerprint density at radius 1 is 1.48 bits per heavy atom. The third-order valence-electron chi connectivity index (χ3n) is 4.70. The predicted octanol–water partition coefficient (Wildman–Crippen LogP) is 1.81. The van der Waals surface area contributed by atoms with E-state index in [-0.39, 0.29) is 12.1 Å². The molecule has 8 heteroatoms. The number of nitrogens with one attached hydrogen (secondary N) is 1. The van der Waals surface area contributed by atoms with Gasteiger partial charge in [-0.1, -0.05) is 0 Å². The molecular formula is C17H26N6O2. The summed E-state index contributed by atoms with van der Waals surface area (Å²) in [7, 11) is 3.50. The van der Waals surface area contributed by atoms with Gasteiger partial charge < -0.3 is 14.2 Å². The van der Waals surface area contributed by atoms with Crippen molar-refractivity contribution in [2.45, 2.75) is 38.8 Å². The lowest BCUT2D eigenvalue weighted by Crippen LogP contribution is -2.41. The van der Waals surface area contributed by atoms with Crippen molar-refractivity contribution < 1.29 is 9.53 Å². The van der Waals surface area contributed by atoms with Crippen molar-refractivity contribution in [3.63, 3.8) is 0 Å². The Morgan fingerprint density at radius 3 is 3.04 bits per heavy atom. The van der Waals surface area contributed by atoms with Gasteiger partial charge in [-0.05, 0) is 19.8 Å². The van der Waals surface area contributed by atoms with Gasteiger partial charge in [0.1, 0.15) is 11.6 Å². The molecule has 2 aromatic heterocycles. The van der Waals surface area contributed by atoms with Crippen LogP contribution in [0.25, 0.3) is 0 Å². The Balaban J connectivity index is 1.64. The van der Waals surface area contributed by atoms with Crippen molar-refractivity contribution in [3.05, 3.63) is 30.0 Å². The Hall–Kier alpha value is -2.35. The first kappa shape index (κ1) is 17.5. The van der Waals surface area contributed by atoms with Crippen LogP contribution in [0.5, 0.6) is 0 Å². The summed E-state index contributed by atoms with van der Waals surface area (Å²) >= 11 is 0. The van der Waals surface area contributed by atoms with E-state index < -0.39 is 0 Å². The minimum Gasteiger partial charge on any atom is -0.384 e. The standard InChI is InChI=1S/C17H26N6O2/c1-13-18-7-9-22(13)12-15-5-4-8-23(15)17(24)19-16-11-14(6-10-25-3)20-21(16)2/h7,9,11,15H,4-6,8,10,12H2,1-3H3,(H,19,24). The van der Waals surface area contributed by atoms with Gasteiger partial charge >= 0.3 is 6.03 Å². The van der Waals surface area contributed by atoms with Gasteiger partial charge in [-0.15, -0.1) is 0 Å². The quantitative estimate of drug-likeness (QED) is 0.865. The highest BCUT2D eigenvalue weighted by Gasteiger charge is 2.29. The molecule has 0 spiro atoms. The highest BCUT2D eigenvalue weighted by atomic mass is 16.5. The number of carbonyl (C=O) groups is 1. The number of aromatic nitrogens is 4. The number of rotatable bonds is 6. The summed E-state index contributed by atoms with van der Waals surface area (Å²) in [6, 6.07) is 2.03. The number of aryl methyl sites for hydroxylation is 2. The zero-order valence-corrected chi connectivity index (χ0v) is 15.1. The van der Waals surface area contributed by atoms with E-state index in [1.54, 1.807) is 18.0 Å². The molecular weight excluding hydrogens is 320 g/mol. The maximum Gasteiger partial charge on any atom is 0.323 e. The molecule has 2 amide bonds. The van der Waals surface area contributed by atoms with Gasteiger partial charge in [0, 0.05) is 52.1 Å². The molecule has 25 heavy (non-hydrogen) atoms. The Morgan fingerprint density at radius 2 is 2.32 bits per heavy atom. The molecule has 0 aromatic carbocycles. The first-order valence-corrected chi connectivity index (χ1v) is 8.65. The van der Waals surface area contributed by atoms with Gasteiger partial charge in [0.15, 0.2) is 0 Å². The summed E-state index contributed by atoms with van der Waals surface area (Å²) in [5, 5.41) is 7.41. The Kier molecular flexibility index (Phi) is 5.37. The number of nitrogens with zero attached hydrogens (tertiary/aromatic N) is 5. The first-order chi connectivity index (χ1) is 12.1. The number of imidazole rings is 1. The molecule has 1 N–H and O–H groups in total. The molecule has 136 valence electrons. The molecule has 2 aromatic rings. The number of ether oxygens (including phenoxy) is 1. The fourth-order valence-corrected chi connectivity index (χ4v) is 3.27. The van der Waals surface area contributed by atoms with Gasteiger partial charge in [-0.2, -0.15) is 5.10 Å². The summed E-state index contributed by atoms with van der Waals surface area (Å²) in [6.45, 7) is 4.15. The second kappa shape index (κ2) is 7.69. The fraction of sp³-hybridized carbons (Fsp3) is 0.588. The molecule has 0 saturated carbocycles. The first-order valence-electron chi connectivity index (χ1n) is 8.65. The van der Waals surface area contributed by atoms with Gasteiger partial charge in [0.25, 0.3) is 0 Å². The number of likely N-dealkylation sites (tertiary alicyclic amines) is 1. The van der Waals surface area contributed by atoms with E-state index in [4.69, 9.17) is 4.74 Å². The van der Waals surface area contributed by atoms with Crippen LogP contribution in [0.2, 0.25) is 0 Å². The third kappa shape index (κ3) is 4.01. The van der Waals surface area contributed by atoms with Crippen LogP contribution in [0, 0.1) is 6.92 Å². The fourth-order valence-electron chi connectivity index (χ4n) is 3.27. The highest BCUT2D eigenvalue weighted by Crippen LogP contribution is 2.21. The molecule has 1 unspecified atom stereocenters. The molecule has 1 saturated heterocycles. The lowest BCUT2D eigenvalue weighted by Gasteiger charge is -2.25. The van der Waals surface area contributed by atoms with Gasteiger partial charge in [-0.3, -0.25) is 10.00 Å². The van der Waals surface area contributed by atoms with Gasteiger partial charge in [0.2, 0.25) is 0 Å². The maximum atomic E-state index is 12.7. The monoisotopic (exact) mass is 346 g/mol. The molecule has 1 atom stereocenters. The van der Waals surface area contributed by atoms with E-state index in [1.807, 2.05) is 31.1 Å². The summed E-state index contributed by atoms with van der Waals surface area (Å²) in [4.78, 5) is 18.9. The van der Waals surface area contributed by atoms with Crippen LogP contribution in [-0.4, -0.2) is 56.6 Å². The number of hydrogen-bond acceptors (Lipinski definition) is 4. The number of anilines is 1. The second-order valence-corrected chi connectivity index (χ2v) is 6.43. The van der Waals surface area contributed by atoms with Crippen LogP contribution < -0.4 is 5.32 Å². The minimum absolute atomic E-state index is 0.0680. The number of urea groups is 1. The molecule has 3 heterocycles. The van der Waals surface area contributed by atoms with Crippen LogP contribution >= 0.6 is 0 Å². The van der Waals surface area contributed by atoms with Crippen LogP contribution in [0.4, 0.5) is 10.6 Å². The van der Waals surface area contributed by atoms with Gasteiger partial charge in [-0.25, -0.2) is 9.78 Å². The topological polar surface area (TPSA) is 77.2 Å². The van der Waals surface area contributed by atoms with Crippen LogP contribution in [0.1, 0.15) is 24.4 Å². The highest BCUT2D eigenvalue weighted by molar-refractivity contribution is 5.88. The smallest absolute Gasteiger partial charge is 0.323 e. The normalized spacial score (nSPS) is 17.2. The van der Waals surface area contributed by atoms with E-state index in [2.05, 4.69) is 20.0 Å². The summed E-state index contributed by atoms with van der Waals surface area (Å²) in [6.07, 6.45) is 6.52. The molecule has 8 nitrogen and oxygen atoms in total. The van der Waals surface area contributed by atoms with Crippen molar-refractivity contribution in [2.24, 2.45) is 7.05 Å². The molecule has 1 aliphatic rings. The Labute approximate surface area is 147 Å². The molecule has 3 rings (SSSR count). The van der Waals surface area contributed by atoms with Crippen molar-refractivity contribution in [1.29, 1.82) is 0 Å². The largest absolute Gasteiger partial charge is 0.384 e. The maximum absolute atomic E-state index is 12.7. The zero-order valence-electron chi connectivity index (χ0n) is 15.1. The average molecular weight is 346 g/mol. The molecule has 0 aliphatic carbocycles. The molecule has 0 radical (unpaired) electrons. The van der Waals surface area contributed by atoms with Crippen molar-refractivity contribution in [3.8, 4) is 0 Å². The molecule has 1 fully saturated rings. The van der Waals surface area contributed by atoms with Crippen LogP contribution in [0.3, 0.4) is 0 Å². The van der Waals surface area contributed by atoms with E-state index >= 15 is 0 Å². The average Bonchev–Trinajstić information content (AvgIpc) is 3.29. The lowest BCUT2D eigenvalue weighted by molar-refractivity contribution is 0.200. The van der Waals surface area contributed by atoms with Crippen molar-refractivity contribution >= 4 is 11.8 Å².